The standard InChI is InChI=1S/C13H19N5O2/c1-8-5-9(2)18-12(14-8)15-10(17-18)6-11(20)16-13(3,4)7-19/h5,19H,6-7H2,1-4H3,(H,16,20). The van der Waals surface area contributed by atoms with Gasteiger partial charge in [0.2, 0.25) is 5.91 Å². The summed E-state index contributed by atoms with van der Waals surface area (Å²) >= 11 is 0. The fraction of sp³-hybridized carbons (Fsp3) is 0.538. The molecule has 0 aliphatic carbocycles. The molecule has 0 saturated heterocycles. The van der Waals surface area contributed by atoms with Crippen LogP contribution in [0.3, 0.4) is 0 Å². The topological polar surface area (TPSA) is 92.4 Å². The first-order valence-electron chi connectivity index (χ1n) is 6.42. The minimum atomic E-state index is -0.652. The Bertz CT molecular complexity index is 647. The lowest BCUT2D eigenvalue weighted by Gasteiger charge is -2.22. The maximum absolute atomic E-state index is 11.9. The van der Waals surface area contributed by atoms with Crippen molar-refractivity contribution >= 4 is 11.7 Å². The molecule has 0 unspecified atom stereocenters. The number of fused-ring (bicyclic) bond motifs is 1. The van der Waals surface area contributed by atoms with E-state index in [9.17, 15) is 4.79 Å². The largest absolute Gasteiger partial charge is 0.394 e. The molecular weight excluding hydrogens is 258 g/mol. The van der Waals surface area contributed by atoms with E-state index < -0.39 is 5.54 Å². The monoisotopic (exact) mass is 277 g/mol. The summed E-state index contributed by atoms with van der Waals surface area (Å²) in [4.78, 5) is 20.4. The molecule has 0 aromatic carbocycles. The Morgan fingerprint density at radius 1 is 1.40 bits per heavy atom. The average molecular weight is 277 g/mol. The van der Waals surface area contributed by atoms with Crippen LogP contribution in [0.15, 0.2) is 6.07 Å². The van der Waals surface area contributed by atoms with E-state index >= 15 is 0 Å². The number of hydrogen-bond acceptors (Lipinski definition) is 5. The molecular formula is C13H19N5O2. The molecule has 0 bridgehead atoms. The number of nitrogens with zero attached hydrogens (tertiary/aromatic N) is 4. The fourth-order valence-corrected chi connectivity index (χ4v) is 1.89. The average Bonchev–Trinajstić information content (AvgIpc) is 2.70. The van der Waals surface area contributed by atoms with Gasteiger partial charge in [-0.15, -0.1) is 5.10 Å². The lowest BCUT2D eigenvalue weighted by Crippen LogP contribution is -2.46. The van der Waals surface area contributed by atoms with E-state index in [4.69, 9.17) is 5.11 Å². The summed E-state index contributed by atoms with van der Waals surface area (Å²) in [7, 11) is 0. The number of aliphatic hydroxyl groups is 1. The van der Waals surface area contributed by atoms with Crippen LogP contribution in [-0.2, 0) is 11.2 Å². The maximum Gasteiger partial charge on any atom is 0.252 e. The van der Waals surface area contributed by atoms with Crippen LogP contribution < -0.4 is 5.32 Å². The zero-order valence-corrected chi connectivity index (χ0v) is 12.1. The molecule has 2 N–H and O–H groups in total. The Morgan fingerprint density at radius 3 is 2.75 bits per heavy atom. The molecule has 7 heteroatoms. The SMILES string of the molecule is Cc1cc(C)n2nc(CC(=O)NC(C)(C)CO)nc2n1. The van der Waals surface area contributed by atoms with Crippen LogP contribution in [0, 0.1) is 13.8 Å². The van der Waals surface area contributed by atoms with Crippen LogP contribution in [0.2, 0.25) is 0 Å². The van der Waals surface area contributed by atoms with E-state index in [1.165, 1.54) is 0 Å². The van der Waals surface area contributed by atoms with Crippen LogP contribution in [0.1, 0.15) is 31.1 Å². The number of carbonyl (C=O) groups excluding carboxylic acids is 1. The van der Waals surface area contributed by atoms with E-state index in [0.717, 1.165) is 11.4 Å². The third kappa shape index (κ3) is 3.11. The zero-order valence-electron chi connectivity index (χ0n) is 12.1. The molecule has 7 nitrogen and oxygen atoms in total. The molecule has 2 heterocycles. The van der Waals surface area contributed by atoms with Gasteiger partial charge < -0.3 is 10.4 Å². The summed E-state index contributed by atoms with van der Waals surface area (Å²) in [5, 5.41) is 16.1. The Balaban J connectivity index is 2.18. The van der Waals surface area contributed by atoms with E-state index in [1.807, 2.05) is 19.9 Å². The quantitative estimate of drug-likeness (QED) is 0.831. The van der Waals surface area contributed by atoms with Crippen LogP contribution >= 0.6 is 0 Å². The second-order valence-corrected chi connectivity index (χ2v) is 5.55. The summed E-state index contributed by atoms with van der Waals surface area (Å²) in [6.07, 6.45) is 0.0608. The van der Waals surface area contributed by atoms with Gasteiger partial charge in [0, 0.05) is 11.4 Å². The highest BCUT2D eigenvalue weighted by Gasteiger charge is 2.20. The van der Waals surface area contributed by atoms with Crippen LogP contribution in [-0.4, -0.2) is 42.7 Å². The van der Waals surface area contributed by atoms with Gasteiger partial charge in [0.15, 0.2) is 5.82 Å². The van der Waals surface area contributed by atoms with Gasteiger partial charge in [-0.05, 0) is 33.8 Å². The van der Waals surface area contributed by atoms with E-state index in [2.05, 4.69) is 20.4 Å². The molecule has 0 aliphatic rings. The van der Waals surface area contributed by atoms with Crippen LogP contribution in [0.5, 0.6) is 0 Å². The number of aliphatic hydroxyl groups excluding tert-OH is 1. The van der Waals surface area contributed by atoms with Crippen molar-refractivity contribution < 1.29 is 9.90 Å². The first kappa shape index (κ1) is 14.4. The lowest BCUT2D eigenvalue weighted by atomic mass is 10.1. The van der Waals surface area contributed by atoms with Gasteiger partial charge in [-0.3, -0.25) is 4.79 Å². The van der Waals surface area contributed by atoms with Crippen molar-refractivity contribution in [2.75, 3.05) is 6.61 Å². The van der Waals surface area contributed by atoms with E-state index in [-0.39, 0.29) is 18.9 Å². The molecule has 2 aromatic heterocycles. The fourth-order valence-electron chi connectivity index (χ4n) is 1.89. The summed E-state index contributed by atoms with van der Waals surface area (Å²) in [6.45, 7) is 7.16. The van der Waals surface area contributed by atoms with Crippen molar-refractivity contribution in [2.24, 2.45) is 0 Å². The molecule has 0 atom stereocenters. The summed E-state index contributed by atoms with van der Waals surface area (Å²) in [5.41, 5.74) is 1.13. The van der Waals surface area contributed by atoms with E-state index in [0.29, 0.717) is 11.6 Å². The second kappa shape index (κ2) is 5.16. The van der Waals surface area contributed by atoms with Crippen LogP contribution in [0.4, 0.5) is 0 Å². The molecule has 0 spiro atoms. The summed E-state index contributed by atoms with van der Waals surface area (Å²) in [6, 6.07) is 1.90. The number of nitrogens with one attached hydrogen (secondary N) is 1. The predicted octanol–water partition coefficient (Wildman–Crippen LogP) is 0.171. The third-order valence-electron chi connectivity index (χ3n) is 2.85. The smallest absolute Gasteiger partial charge is 0.252 e. The van der Waals surface area contributed by atoms with Gasteiger partial charge in [-0.25, -0.2) is 9.50 Å². The van der Waals surface area contributed by atoms with Gasteiger partial charge in [-0.2, -0.15) is 4.98 Å². The normalized spacial score (nSPS) is 11.8. The number of aromatic nitrogens is 4. The van der Waals surface area contributed by atoms with Gasteiger partial charge in [0.05, 0.1) is 18.6 Å². The highest BCUT2D eigenvalue weighted by molar-refractivity contribution is 5.78. The minimum absolute atomic E-state index is 0.0608. The van der Waals surface area contributed by atoms with Crippen molar-refractivity contribution in [3.8, 4) is 0 Å². The third-order valence-corrected chi connectivity index (χ3v) is 2.85. The highest BCUT2D eigenvalue weighted by atomic mass is 16.3. The van der Waals surface area contributed by atoms with Crippen molar-refractivity contribution in [1.29, 1.82) is 0 Å². The number of rotatable bonds is 4. The first-order valence-corrected chi connectivity index (χ1v) is 6.42. The molecule has 0 aliphatic heterocycles. The van der Waals surface area contributed by atoms with E-state index in [1.54, 1.807) is 18.4 Å². The second-order valence-electron chi connectivity index (χ2n) is 5.55. The van der Waals surface area contributed by atoms with Crippen molar-refractivity contribution in [1.82, 2.24) is 24.9 Å². The molecule has 0 radical (unpaired) electrons. The first-order chi connectivity index (χ1) is 9.30. The van der Waals surface area contributed by atoms with Gasteiger partial charge in [0.1, 0.15) is 0 Å². The van der Waals surface area contributed by atoms with Gasteiger partial charge in [0.25, 0.3) is 5.78 Å². The molecule has 20 heavy (non-hydrogen) atoms. The number of amides is 1. The summed E-state index contributed by atoms with van der Waals surface area (Å²) < 4.78 is 1.62. The highest BCUT2D eigenvalue weighted by Crippen LogP contribution is 2.06. The Morgan fingerprint density at radius 2 is 2.10 bits per heavy atom. The van der Waals surface area contributed by atoms with Crippen molar-refractivity contribution in [3.63, 3.8) is 0 Å². The molecule has 1 amide bonds. The molecule has 0 fully saturated rings. The molecule has 108 valence electrons. The zero-order chi connectivity index (χ0) is 14.9. The minimum Gasteiger partial charge on any atom is -0.394 e. The lowest BCUT2D eigenvalue weighted by molar-refractivity contribution is -0.122. The molecule has 2 rings (SSSR count). The van der Waals surface area contributed by atoms with Gasteiger partial charge in [-0.1, -0.05) is 0 Å². The maximum atomic E-state index is 11.9. The van der Waals surface area contributed by atoms with Gasteiger partial charge >= 0.3 is 0 Å². The Labute approximate surface area is 117 Å². The molecule has 2 aromatic rings. The number of hydrogen-bond donors (Lipinski definition) is 2. The number of aryl methyl sites for hydroxylation is 2. The number of carbonyl (C=O) groups is 1. The van der Waals surface area contributed by atoms with Crippen LogP contribution in [0.25, 0.3) is 5.78 Å². The molecule has 0 saturated carbocycles. The Kier molecular flexibility index (Phi) is 3.71. The summed E-state index contributed by atoms with van der Waals surface area (Å²) in [5.74, 6) is 0.679. The Hall–Kier alpha value is -2.02. The predicted molar refractivity (Wildman–Crippen MR) is 73.3 cm³/mol. The van der Waals surface area contributed by atoms with Crippen molar-refractivity contribution in [2.45, 2.75) is 39.7 Å². The van der Waals surface area contributed by atoms with Crippen molar-refractivity contribution in [3.05, 3.63) is 23.3 Å².